The van der Waals surface area contributed by atoms with Gasteiger partial charge < -0.3 is 0 Å². The highest BCUT2D eigenvalue weighted by Gasteiger charge is 2.32. The molecule has 0 fully saturated rings. The standard InChI is InChI=1S/C44H26F6/c45-43(46,47)31-23-19-29(20-24-31)39-35-17-9-10-18-36(35)40(30-21-25-32(26-22-30)44(48,49)50)42-38(28-13-5-2-6-14-28)34-16-8-7-15-33(34)37(41(39)42)27-11-3-1-4-12-27/h1-26H. The molecule has 0 heterocycles. The van der Waals surface area contributed by atoms with Crippen LogP contribution in [0.2, 0.25) is 0 Å². The fourth-order valence-electron chi connectivity index (χ4n) is 7.19. The molecule has 8 rings (SSSR count). The monoisotopic (exact) mass is 668 g/mol. The van der Waals surface area contributed by atoms with Gasteiger partial charge in [-0.05, 0) is 101 Å². The Kier molecular flexibility index (Phi) is 7.48. The molecule has 6 heteroatoms. The van der Waals surface area contributed by atoms with Crippen molar-refractivity contribution in [2.75, 3.05) is 0 Å². The van der Waals surface area contributed by atoms with Crippen LogP contribution in [0.3, 0.4) is 0 Å². The molecule has 0 saturated heterocycles. The zero-order valence-corrected chi connectivity index (χ0v) is 26.3. The van der Waals surface area contributed by atoms with Gasteiger partial charge in [0, 0.05) is 0 Å². The molecule has 0 bridgehead atoms. The minimum absolute atomic E-state index is 0.588. The van der Waals surface area contributed by atoms with Gasteiger partial charge in [-0.25, -0.2) is 0 Å². The Balaban J connectivity index is 1.67. The van der Waals surface area contributed by atoms with Crippen molar-refractivity contribution in [3.05, 3.63) is 169 Å². The van der Waals surface area contributed by atoms with Crippen LogP contribution in [0.25, 0.3) is 76.8 Å². The van der Waals surface area contributed by atoms with E-state index in [1.165, 1.54) is 24.3 Å². The molecule has 0 nitrogen and oxygen atoms in total. The Bertz CT molecular complexity index is 2330. The molecule has 0 spiro atoms. The van der Waals surface area contributed by atoms with Gasteiger partial charge in [-0.2, -0.15) is 26.3 Å². The number of rotatable bonds is 4. The van der Waals surface area contributed by atoms with Crippen LogP contribution in [0.5, 0.6) is 0 Å². The average molecular weight is 669 g/mol. The molecule has 0 atom stereocenters. The van der Waals surface area contributed by atoms with Crippen LogP contribution in [0.4, 0.5) is 26.3 Å². The maximum atomic E-state index is 13.8. The zero-order valence-electron chi connectivity index (χ0n) is 26.3. The molecule has 8 aromatic rings. The predicted octanol–water partition coefficient (Wildman–Crippen LogP) is 13.9. The van der Waals surface area contributed by atoms with Crippen molar-refractivity contribution in [2.24, 2.45) is 0 Å². The largest absolute Gasteiger partial charge is 0.416 e. The number of fused-ring (bicyclic) bond motifs is 3. The molecular weight excluding hydrogens is 642 g/mol. The van der Waals surface area contributed by atoms with E-state index < -0.39 is 23.5 Å². The Morgan fingerprint density at radius 2 is 0.500 bits per heavy atom. The molecule has 0 unspecified atom stereocenters. The second-order valence-corrected chi connectivity index (χ2v) is 12.2. The van der Waals surface area contributed by atoms with Gasteiger partial charge in [0.15, 0.2) is 0 Å². The van der Waals surface area contributed by atoms with Gasteiger partial charge in [0.05, 0.1) is 11.1 Å². The van der Waals surface area contributed by atoms with Gasteiger partial charge in [0.2, 0.25) is 0 Å². The van der Waals surface area contributed by atoms with Crippen LogP contribution in [-0.4, -0.2) is 0 Å². The summed E-state index contributed by atoms with van der Waals surface area (Å²) in [5.41, 5.74) is 4.70. The molecule has 0 saturated carbocycles. The van der Waals surface area contributed by atoms with E-state index >= 15 is 0 Å². The van der Waals surface area contributed by atoms with Crippen LogP contribution in [0, 0.1) is 0 Å². The second kappa shape index (κ2) is 11.9. The van der Waals surface area contributed by atoms with Gasteiger partial charge in [0.1, 0.15) is 0 Å². The molecule has 0 aromatic heterocycles. The predicted molar refractivity (Wildman–Crippen MR) is 191 cm³/mol. The lowest BCUT2D eigenvalue weighted by molar-refractivity contribution is -0.138. The molecule has 0 aliphatic heterocycles. The molecule has 8 aromatic carbocycles. The molecule has 0 aliphatic carbocycles. The zero-order chi connectivity index (χ0) is 34.6. The quantitative estimate of drug-likeness (QED) is 0.129. The van der Waals surface area contributed by atoms with Crippen molar-refractivity contribution in [1.29, 1.82) is 0 Å². The van der Waals surface area contributed by atoms with Crippen LogP contribution in [-0.2, 0) is 12.4 Å². The maximum Gasteiger partial charge on any atom is 0.416 e. The lowest BCUT2D eigenvalue weighted by Crippen LogP contribution is -2.04. The van der Waals surface area contributed by atoms with Gasteiger partial charge in [-0.1, -0.05) is 133 Å². The van der Waals surface area contributed by atoms with Crippen LogP contribution in [0.1, 0.15) is 11.1 Å². The summed E-state index contributed by atoms with van der Waals surface area (Å²) >= 11 is 0. The van der Waals surface area contributed by atoms with Crippen molar-refractivity contribution >= 4 is 32.3 Å². The summed E-state index contributed by atoms with van der Waals surface area (Å²) in [6.07, 6.45) is -9.03. The third kappa shape index (κ3) is 5.28. The average Bonchev–Trinajstić information content (AvgIpc) is 3.13. The second-order valence-electron chi connectivity index (χ2n) is 12.2. The number of hydrogen-bond donors (Lipinski definition) is 0. The summed E-state index contributed by atoms with van der Waals surface area (Å²) in [4.78, 5) is 0. The summed E-state index contributed by atoms with van der Waals surface area (Å²) in [5, 5.41) is 4.99. The van der Waals surface area contributed by atoms with E-state index in [0.29, 0.717) is 11.1 Å². The normalized spacial score (nSPS) is 12.2. The van der Waals surface area contributed by atoms with E-state index in [1.807, 2.05) is 109 Å². The Morgan fingerprint density at radius 1 is 0.260 bits per heavy atom. The first kappa shape index (κ1) is 31.4. The Morgan fingerprint density at radius 3 is 0.760 bits per heavy atom. The summed E-state index contributed by atoms with van der Waals surface area (Å²) < 4.78 is 82.8. The smallest absolute Gasteiger partial charge is 0.166 e. The van der Waals surface area contributed by atoms with E-state index in [0.717, 1.165) is 90.0 Å². The third-order valence-electron chi connectivity index (χ3n) is 9.31. The van der Waals surface area contributed by atoms with Gasteiger partial charge in [-0.3, -0.25) is 0 Å². The maximum absolute atomic E-state index is 13.8. The Hall–Kier alpha value is -5.88. The highest BCUT2D eigenvalue weighted by molar-refractivity contribution is 6.33. The molecule has 0 aliphatic rings. The van der Waals surface area contributed by atoms with Crippen LogP contribution in [0.15, 0.2) is 158 Å². The number of alkyl halides is 6. The number of hydrogen-bond acceptors (Lipinski definition) is 0. The number of benzene rings is 8. The van der Waals surface area contributed by atoms with E-state index in [9.17, 15) is 26.3 Å². The summed E-state index contributed by atoms with van der Waals surface area (Å²) in [5.74, 6) is 0. The van der Waals surface area contributed by atoms with Crippen molar-refractivity contribution < 1.29 is 26.3 Å². The fraction of sp³-hybridized carbons (Fsp3) is 0.0455. The summed E-state index contributed by atoms with van der Waals surface area (Å²) in [7, 11) is 0. The van der Waals surface area contributed by atoms with Crippen LogP contribution >= 0.6 is 0 Å². The SMILES string of the molecule is FC(F)(F)c1ccc(-c2c3ccccc3c(-c3ccc(C(F)(F)F)cc3)c3c(-c4ccccc4)c4ccccc4c(-c4ccccc4)c23)cc1. The first-order valence-electron chi connectivity index (χ1n) is 16.0. The Labute approximate surface area is 283 Å². The molecule has 0 N–H and O–H groups in total. The van der Waals surface area contributed by atoms with E-state index in [-0.39, 0.29) is 0 Å². The molecule has 244 valence electrons. The topological polar surface area (TPSA) is 0 Å². The number of halogens is 6. The van der Waals surface area contributed by atoms with Crippen molar-refractivity contribution in [3.63, 3.8) is 0 Å². The van der Waals surface area contributed by atoms with E-state index in [1.54, 1.807) is 0 Å². The van der Waals surface area contributed by atoms with Gasteiger partial charge in [-0.15, -0.1) is 0 Å². The first-order chi connectivity index (χ1) is 24.1. The van der Waals surface area contributed by atoms with E-state index in [2.05, 4.69) is 0 Å². The summed E-state index contributed by atoms with van der Waals surface area (Å²) in [6, 6.07) is 45.7. The van der Waals surface area contributed by atoms with E-state index in [4.69, 9.17) is 0 Å². The first-order valence-corrected chi connectivity index (χ1v) is 16.0. The van der Waals surface area contributed by atoms with Crippen molar-refractivity contribution in [2.45, 2.75) is 12.4 Å². The van der Waals surface area contributed by atoms with Gasteiger partial charge >= 0.3 is 12.4 Å². The lowest BCUT2D eigenvalue weighted by Gasteiger charge is -2.25. The highest BCUT2D eigenvalue weighted by Crippen LogP contribution is 2.53. The molecule has 0 radical (unpaired) electrons. The molecule has 50 heavy (non-hydrogen) atoms. The van der Waals surface area contributed by atoms with Crippen LogP contribution < -0.4 is 0 Å². The highest BCUT2D eigenvalue weighted by atomic mass is 19.4. The fourth-order valence-corrected chi connectivity index (χ4v) is 7.19. The minimum atomic E-state index is -4.51. The van der Waals surface area contributed by atoms with Crippen molar-refractivity contribution in [1.82, 2.24) is 0 Å². The molecular formula is C44H26F6. The summed E-state index contributed by atoms with van der Waals surface area (Å²) in [6.45, 7) is 0. The third-order valence-corrected chi connectivity index (χ3v) is 9.31. The van der Waals surface area contributed by atoms with Gasteiger partial charge in [0.25, 0.3) is 0 Å². The minimum Gasteiger partial charge on any atom is -0.166 e. The lowest BCUT2D eigenvalue weighted by atomic mass is 9.77. The van der Waals surface area contributed by atoms with Crippen molar-refractivity contribution in [3.8, 4) is 44.5 Å². The molecule has 0 amide bonds.